The standard InChI is InChI=1S/C11H11BrO4S2/c12-10-2-1-7(5-9(10)11(13)14)17-8-3-4-18(15,16)6-8/h1-2,5,8H,3-4,6H2,(H,13,14). The number of carboxylic acids is 1. The van der Waals surface area contributed by atoms with Gasteiger partial charge >= 0.3 is 5.97 Å². The van der Waals surface area contributed by atoms with Crippen molar-refractivity contribution in [2.45, 2.75) is 16.6 Å². The summed E-state index contributed by atoms with van der Waals surface area (Å²) in [5.41, 5.74) is 0.195. The van der Waals surface area contributed by atoms with E-state index in [0.717, 1.165) is 4.90 Å². The van der Waals surface area contributed by atoms with Crippen LogP contribution in [-0.2, 0) is 9.84 Å². The quantitative estimate of drug-likeness (QED) is 0.906. The number of hydrogen-bond acceptors (Lipinski definition) is 4. The van der Waals surface area contributed by atoms with Crippen molar-refractivity contribution in [2.24, 2.45) is 0 Å². The molecule has 4 nitrogen and oxygen atoms in total. The van der Waals surface area contributed by atoms with E-state index in [2.05, 4.69) is 15.9 Å². The third kappa shape index (κ3) is 3.27. The number of halogens is 1. The van der Waals surface area contributed by atoms with Crippen molar-refractivity contribution >= 4 is 43.5 Å². The first-order valence-corrected chi connectivity index (χ1v) is 8.77. The molecule has 0 spiro atoms. The predicted octanol–water partition coefficient (Wildman–Crippen LogP) is 2.43. The molecule has 0 radical (unpaired) electrons. The van der Waals surface area contributed by atoms with Gasteiger partial charge in [-0.25, -0.2) is 13.2 Å². The van der Waals surface area contributed by atoms with Crippen molar-refractivity contribution in [3.05, 3.63) is 28.2 Å². The van der Waals surface area contributed by atoms with Crippen LogP contribution in [-0.4, -0.2) is 36.2 Å². The van der Waals surface area contributed by atoms with Crippen LogP contribution in [0.15, 0.2) is 27.6 Å². The summed E-state index contributed by atoms with van der Waals surface area (Å²) in [6.45, 7) is 0. The highest BCUT2D eigenvalue weighted by Gasteiger charge is 2.28. The maximum absolute atomic E-state index is 11.3. The zero-order chi connectivity index (χ0) is 13.3. The average molecular weight is 351 g/mol. The zero-order valence-electron chi connectivity index (χ0n) is 9.30. The molecule has 1 aromatic rings. The van der Waals surface area contributed by atoms with Gasteiger partial charge in [0.2, 0.25) is 0 Å². The topological polar surface area (TPSA) is 71.4 Å². The van der Waals surface area contributed by atoms with Crippen LogP contribution >= 0.6 is 27.7 Å². The Hall–Kier alpha value is -0.530. The molecule has 1 aliphatic rings. The molecule has 7 heteroatoms. The van der Waals surface area contributed by atoms with Crippen molar-refractivity contribution in [3.63, 3.8) is 0 Å². The number of carboxylic acid groups (broad SMARTS) is 1. The molecule has 18 heavy (non-hydrogen) atoms. The maximum Gasteiger partial charge on any atom is 0.336 e. The Morgan fingerprint density at radius 3 is 2.72 bits per heavy atom. The van der Waals surface area contributed by atoms with Crippen molar-refractivity contribution in [1.82, 2.24) is 0 Å². The summed E-state index contributed by atoms with van der Waals surface area (Å²) in [7, 11) is -2.90. The molecular weight excluding hydrogens is 340 g/mol. The summed E-state index contributed by atoms with van der Waals surface area (Å²) in [5, 5.41) is 9.02. The predicted molar refractivity (Wildman–Crippen MR) is 74.0 cm³/mol. The van der Waals surface area contributed by atoms with Crippen LogP contribution in [0.4, 0.5) is 0 Å². The average Bonchev–Trinajstić information content (AvgIpc) is 2.60. The van der Waals surface area contributed by atoms with Crippen LogP contribution in [0.25, 0.3) is 0 Å². The molecule has 0 saturated carbocycles. The Kier molecular flexibility index (Phi) is 4.03. The van der Waals surface area contributed by atoms with Gasteiger partial charge in [-0.3, -0.25) is 0 Å². The summed E-state index contributed by atoms with van der Waals surface area (Å²) < 4.78 is 23.2. The Morgan fingerprint density at radius 1 is 1.44 bits per heavy atom. The second-order valence-electron chi connectivity index (χ2n) is 4.09. The number of sulfone groups is 1. The molecule has 1 atom stereocenters. The lowest BCUT2D eigenvalue weighted by molar-refractivity contribution is 0.0695. The first-order valence-electron chi connectivity index (χ1n) is 5.27. The minimum Gasteiger partial charge on any atom is -0.478 e. The highest BCUT2D eigenvalue weighted by atomic mass is 79.9. The van der Waals surface area contributed by atoms with E-state index in [4.69, 9.17) is 5.11 Å². The normalized spacial score (nSPS) is 21.9. The molecule has 0 aromatic heterocycles. The molecule has 1 aliphatic heterocycles. The van der Waals surface area contributed by atoms with Crippen molar-refractivity contribution in [2.75, 3.05) is 11.5 Å². The van der Waals surface area contributed by atoms with Gasteiger partial charge in [-0.05, 0) is 40.5 Å². The lowest BCUT2D eigenvalue weighted by Crippen LogP contribution is -2.06. The van der Waals surface area contributed by atoms with Gasteiger partial charge in [0.25, 0.3) is 0 Å². The fourth-order valence-corrected chi connectivity index (χ4v) is 5.74. The second kappa shape index (κ2) is 5.22. The van der Waals surface area contributed by atoms with Crippen LogP contribution in [0.5, 0.6) is 0 Å². The van der Waals surface area contributed by atoms with Gasteiger partial charge in [0.1, 0.15) is 0 Å². The Bertz CT molecular complexity index is 583. The minimum absolute atomic E-state index is 0.0258. The van der Waals surface area contributed by atoms with Crippen molar-refractivity contribution in [1.29, 1.82) is 0 Å². The van der Waals surface area contributed by atoms with E-state index in [0.29, 0.717) is 10.9 Å². The summed E-state index contributed by atoms with van der Waals surface area (Å²) in [4.78, 5) is 11.8. The minimum atomic E-state index is -2.90. The summed E-state index contributed by atoms with van der Waals surface area (Å²) in [5.74, 6) is -0.591. The fraction of sp³-hybridized carbons (Fsp3) is 0.364. The van der Waals surface area contributed by atoms with E-state index in [1.807, 2.05) is 0 Å². The van der Waals surface area contributed by atoms with E-state index >= 15 is 0 Å². The first kappa shape index (κ1) is 13.9. The van der Waals surface area contributed by atoms with Crippen LogP contribution in [0.1, 0.15) is 16.8 Å². The summed E-state index contributed by atoms with van der Waals surface area (Å²) in [6, 6.07) is 5.05. The molecule has 0 aliphatic carbocycles. The SMILES string of the molecule is O=C(O)c1cc(SC2CCS(=O)(=O)C2)ccc1Br. The number of benzene rings is 1. The zero-order valence-corrected chi connectivity index (χ0v) is 12.5. The molecule has 1 fully saturated rings. The van der Waals surface area contributed by atoms with Gasteiger partial charge in [-0.15, -0.1) is 11.8 Å². The van der Waals surface area contributed by atoms with Gasteiger partial charge in [-0.2, -0.15) is 0 Å². The summed E-state index contributed by atoms with van der Waals surface area (Å²) >= 11 is 4.61. The highest BCUT2D eigenvalue weighted by molar-refractivity contribution is 9.10. The molecule has 98 valence electrons. The number of aromatic carboxylic acids is 1. The largest absolute Gasteiger partial charge is 0.478 e. The van der Waals surface area contributed by atoms with Gasteiger partial charge in [0.05, 0.1) is 17.1 Å². The second-order valence-corrected chi connectivity index (χ2v) is 8.55. The first-order chi connectivity index (χ1) is 8.37. The van der Waals surface area contributed by atoms with E-state index in [-0.39, 0.29) is 22.3 Å². The molecule has 1 N–H and O–H groups in total. The third-order valence-corrected chi connectivity index (χ3v) is 6.59. The Morgan fingerprint density at radius 2 is 2.17 bits per heavy atom. The third-order valence-electron chi connectivity index (χ3n) is 2.66. The van der Waals surface area contributed by atoms with Gasteiger partial charge < -0.3 is 5.11 Å². The molecule has 0 amide bonds. The van der Waals surface area contributed by atoms with E-state index in [1.54, 1.807) is 18.2 Å². The van der Waals surface area contributed by atoms with Crippen molar-refractivity contribution < 1.29 is 18.3 Å². The number of thioether (sulfide) groups is 1. The monoisotopic (exact) mass is 350 g/mol. The smallest absolute Gasteiger partial charge is 0.336 e. The lowest BCUT2D eigenvalue weighted by Gasteiger charge is -2.08. The van der Waals surface area contributed by atoms with Gasteiger partial charge in [0, 0.05) is 14.6 Å². The van der Waals surface area contributed by atoms with Crippen LogP contribution in [0, 0.1) is 0 Å². The number of hydrogen-bond donors (Lipinski definition) is 1. The molecule has 1 aromatic carbocycles. The number of carbonyl (C=O) groups is 1. The molecule has 2 rings (SSSR count). The maximum atomic E-state index is 11.3. The van der Waals surface area contributed by atoms with E-state index in [1.165, 1.54) is 11.8 Å². The number of rotatable bonds is 3. The Labute approximate surface area is 118 Å². The van der Waals surface area contributed by atoms with Crippen LogP contribution < -0.4 is 0 Å². The molecule has 1 saturated heterocycles. The summed E-state index contributed by atoms with van der Waals surface area (Å²) in [6.07, 6.45) is 0.630. The molecule has 1 unspecified atom stereocenters. The van der Waals surface area contributed by atoms with Gasteiger partial charge in [-0.1, -0.05) is 0 Å². The van der Waals surface area contributed by atoms with Crippen LogP contribution in [0.3, 0.4) is 0 Å². The molecule has 0 bridgehead atoms. The van der Waals surface area contributed by atoms with Crippen molar-refractivity contribution in [3.8, 4) is 0 Å². The van der Waals surface area contributed by atoms with Crippen LogP contribution in [0.2, 0.25) is 0 Å². The Balaban J connectivity index is 2.16. The highest BCUT2D eigenvalue weighted by Crippen LogP contribution is 2.32. The van der Waals surface area contributed by atoms with E-state index in [9.17, 15) is 13.2 Å². The van der Waals surface area contributed by atoms with E-state index < -0.39 is 15.8 Å². The van der Waals surface area contributed by atoms with Gasteiger partial charge in [0.15, 0.2) is 9.84 Å². The lowest BCUT2D eigenvalue weighted by atomic mass is 10.2. The molecular formula is C11H11BrO4S2. The fourth-order valence-electron chi connectivity index (χ4n) is 1.79. The molecule has 1 heterocycles.